The molecule has 0 bridgehead atoms. The average molecular weight is 377 g/mol. The minimum atomic E-state index is 0.286. The van der Waals surface area contributed by atoms with Gasteiger partial charge in [-0.1, -0.05) is 68.4 Å². The standard InChI is InChI=1S/C8H4Cl6S2/c9-5-3(1-15-13)6(10)8(12)7(11)4(5)2-16-14/h1-2H2. The summed E-state index contributed by atoms with van der Waals surface area (Å²) in [5, 5.41) is 1.44. The van der Waals surface area contributed by atoms with E-state index in [0.717, 1.165) is 22.0 Å². The van der Waals surface area contributed by atoms with Crippen molar-refractivity contribution in [1.82, 2.24) is 0 Å². The van der Waals surface area contributed by atoms with E-state index in [1.165, 1.54) is 0 Å². The van der Waals surface area contributed by atoms with Crippen LogP contribution in [-0.4, -0.2) is 0 Å². The molecule has 8 heteroatoms. The Morgan fingerprint density at radius 2 is 1.00 bits per heavy atom. The minimum absolute atomic E-state index is 0.286. The normalized spacial score (nSPS) is 10.9. The van der Waals surface area contributed by atoms with Crippen LogP contribution in [-0.2, 0) is 11.5 Å². The van der Waals surface area contributed by atoms with Gasteiger partial charge < -0.3 is 0 Å². The van der Waals surface area contributed by atoms with E-state index in [2.05, 4.69) is 0 Å². The lowest BCUT2D eigenvalue weighted by molar-refractivity contribution is 1.34. The molecule has 0 heterocycles. The summed E-state index contributed by atoms with van der Waals surface area (Å²) in [5.74, 6) is 0.909. The summed E-state index contributed by atoms with van der Waals surface area (Å²) in [6, 6.07) is 0. The second-order valence-corrected chi connectivity index (χ2v) is 6.55. The fourth-order valence-electron chi connectivity index (χ4n) is 1.10. The van der Waals surface area contributed by atoms with Gasteiger partial charge in [-0.2, -0.15) is 0 Å². The summed E-state index contributed by atoms with van der Waals surface area (Å²) < 4.78 is 0. The van der Waals surface area contributed by atoms with Crippen LogP contribution in [0.5, 0.6) is 0 Å². The topological polar surface area (TPSA) is 0 Å². The molecule has 1 rings (SSSR count). The van der Waals surface area contributed by atoms with Crippen molar-refractivity contribution in [3.63, 3.8) is 0 Å². The van der Waals surface area contributed by atoms with Gasteiger partial charge in [0, 0.05) is 22.6 Å². The summed E-state index contributed by atoms with van der Waals surface area (Å²) >= 11 is 24.3. The molecule has 1 aromatic carbocycles. The molecule has 0 N–H and O–H groups in total. The predicted octanol–water partition coefficient (Wildman–Crippen LogP) is 7.07. The third-order valence-corrected chi connectivity index (χ3v) is 5.16. The Kier molecular flexibility index (Phi) is 7.17. The van der Waals surface area contributed by atoms with Gasteiger partial charge in [0.15, 0.2) is 0 Å². The van der Waals surface area contributed by atoms with Gasteiger partial charge >= 0.3 is 0 Å². The van der Waals surface area contributed by atoms with Crippen molar-refractivity contribution in [2.75, 3.05) is 0 Å². The largest absolute Gasteiger partial charge is 0.0836 e. The van der Waals surface area contributed by atoms with E-state index in [9.17, 15) is 0 Å². The van der Waals surface area contributed by atoms with E-state index >= 15 is 0 Å². The Morgan fingerprint density at radius 1 is 0.625 bits per heavy atom. The van der Waals surface area contributed by atoms with Gasteiger partial charge in [-0.25, -0.2) is 0 Å². The van der Waals surface area contributed by atoms with Crippen molar-refractivity contribution in [1.29, 1.82) is 0 Å². The van der Waals surface area contributed by atoms with Gasteiger partial charge in [0.25, 0.3) is 0 Å². The van der Waals surface area contributed by atoms with Gasteiger partial charge in [0.05, 0.1) is 20.1 Å². The molecule has 16 heavy (non-hydrogen) atoms. The second kappa shape index (κ2) is 7.30. The Balaban J connectivity index is 3.39. The molecule has 0 spiro atoms. The summed E-state index contributed by atoms with van der Waals surface area (Å²) in [5.41, 5.74) is 1.36. The molecule has 0 radical (unpaired) electrons. The van der Waals surface area contributed by atoms with Gasteiger partial charge in [-0.05, 0) is 21.4 Å². The predicted molar refractivity (Wildman–Crippen MR) is 80.8 cm³/mol. The number of halogens is 6. The Labute approximate surface area is 131 Å². The zero-order chi connectivity index (χ0) is 12.3. The molecule has 0 atom stereocenters. The maximum Gasteiger partial charge on any atom is 0.0785 e. The molecule has 0 nitrogen and oxygen atoms in total. The number of hydrogen-bond donors (Lipinski definition) is 0. The van der Waals surface area contributed by atoms with E-state index in [4.69, 9.17) is 67.8 Å². The maximum absolute atomic E-state index is 6.18. The first-order valence-corrected chi connectivity index (χ1v) is 8.98. The molecular weight excluding hydrogens is 373 g/mol. The lowest BCUT2D eigenvalue weighted by atomic mass is 10.1. The van der Waals surface area contributed by atoms with Crippen molar-refractivity contribution < 1.29 is 0 Å². The molecule has 0 saturated heterocycles. The van der Waals surface area contributed by atoms with Crippen LogP contribution in [0.2, 0.25) is 20.1 Å². The number of hydrogen-bond acceptors (Lipinski definition) is 2. The maximum atomic E-state index is 6.18. The molecule has 0 fully saturated rings. The van der Waals surface area contributed by atoms with Crippen molar-refractivity contribution in [3.8, 4) is 0 Å². The van der Waals surface area contributed by atoms with Crippen LogP contribution in [0.3, 0.4) is 0 Å². The average Bonchev–Trinajstić information content (AvgIpc) is 2.28. The van der Waals surface area contributed by atoms with Crippen LogP contribution in [0.15, 0.2) is 0 Å². The van der Waals surface area contributed by atoms with Gasteiger partial charge in [0.2, 0.25) is 0 Å². The Hall–Kier alpha value is 1.66. The molecular formula is C8H4Cl6S2. The quantitative estimate of drug-likeness (QED) is 0.407. The fourth-order valence-corrected chi connectivity index (χ4v) is 4.07. The molecule has 0 unspecified atom stereocenters. The zero-order valence-corrected chi connectivity index (χ0v) is 13.7. The molecule has 0 aliphatic rings. The molecule has 0 saturated carbocycles. The highest BCUT2D eigenvalue weighted by molar-refractivity contribution is 8.20. The van der Waals surface area contributed by atoms with Crippen LogP contribution in [0.4, 0.5) is 0 Å². The van der Waals surface area contributed by atoms with Gasteiger partial charge in [0.1, 0.15) is 0 Å². The van der Waals surface area contributed by atoms with Crippen LogP contribution < -0.4 is 0 Å². The first kappa shape index (κ1) is 15.7. The molecule has 0 aliphatic heterocycles. The van der Waals surface area contributed by atoms with Gasteiger partial charge in [-0.3, -0.25) is 0 Å². The lowest BCUT2D eigenvalue weighted by Gasteiger charge is -2.13. The van der Waals surface area contributed by atoms with E-state index in [1.54, 1.807) is 0 Å². The first-order valence-electron chi connectivity index (χ1n) is 3.85. The molecule has 90 valence electrons. The van der Waals surface area contributed by atoms with Gasteiger partial charge in [-0.15, -0.1) is 0 Å². The first-order chi connectivity index (χ1) is 7.54. The highest BCUT2D eigenvalue weighted by Gasteiger charge is 2.19. The SMILES string of the molecule is ClSCc1c(Cl)c(Cl)c(Cl)c(CSCl)c1Cl. The van der Waals surface area contributed by atoms with Crippen LogP contribution in [0, 0.1) is 0 Å². The van der Waals surface area contributed by atoms with Crippen molar-refractivity contribution in [2.24, 2.45) is 0 Å². The van der Waals surface area contributed by atoms with E-state index in [1.807, 2.05) is 0 Å². The molecule has 0 aromatic heterocycles. The second-order valence-electron chi connectivity index (χ2n) is 2.72. The highest BCUT2D eigenvalue weighted by Crippen LogP contribution is 2.44. The third-order valence-electron chi connectivity index (χ3n) is 1.84. The number of benzene rings is 1. The minimum Gasteiger partial charge on any atom is -0.0836 e. The van der Waals surface area contributed by atoms with E-state index < -0.39 is 0 Å². The summed E-state index contributed by atoms with van der Waals surface area (Å²) in [7, 11) is 13.4. The number of rotatable bonds is 4. The monoisotopic (exact) mass is 374 g/mol. The third kappa shape index (κ3) is 3.36. The fraction of sp³-hybridized carbons (Fsp3) is 0.250. The molecule has 0 aliphatic carbocycles. The summed E-state index contributed by atoms with van der Waals surface area (Å²) in [6.07, 6.45) is 0. The molecule has 0 amide bonds. The zero-order valence-electron chi connectivity index (χ0n) is 7.50. The lowest BCUT2D eigenvalue weighted by Crippen LogP contribution is -1.93. The Morgan fingerprint density at radius 3 is 1.31 bits per heavy atom. The highest BCUT2D eigenvalue weighted by atomic mass is 35.7. The van der Waals surface area contributed by atoms with E-state index in [-0.39, 0.29) is 5.02 Å². The van der Waals surface area contributed by atoms with Crippen LogP contribution in [0.25, 0.3) is 0 Å². The van der Waals surface area contributed by atoms with Crippen molar-refractivity contribution in [3.05, 3.63) is 31.2 Å². The summed E-state index contributed by atoms with van der Waals surface area (Å²) in [4.78, 5) is 0. The Bertz CT molecular complexity index is 362. The smallest absolute Gasteiger partial charge is 0.0785 e. The van der Waals surface area contributed by atoms with Crippen molar-refractivity contribution in [2.45, 2.75) is 11.5 Å². The van der Waals surface area contributed by atoms with Crippen LogP contribution in [0.1, 0.15) is 11.1 Å². The van der Waals surface area contributed by atoms with E-state index in [0.29, 0.717) is 37.7 Å². The molecule has 1 aromatic rings. The van der Waals surface area contributed by atoms with Crippen LogP contribution >= 0.6 is 89.7 Å². The van der Waals surface area contributed by atoms with Crippen molar-refractivity contribution >= 4 is 89.7 Å². The summed E-state index contributed by atoms with van der Waals surface area (Å²) in [6.45, 7) is 0.